The third-order valence-electron chi connectivity index (χ3n) is 5.89. The van der Waals surface area contributed by atoms with Crippen LogP contribution in [0, 0.1) is 11.3 Å². The minimum absolute atomic E-state index is 0.117. The first-order chi connectivity index (χ1) is 13.1. The van der Waals surface area contributed by atoms with Crippen molar-refractivity contribution in [2.75, 3.05) is 32.8 Å². The van der Waals surface area contributed by atoms with Gasteiger partial charge in [-0.1, -0.05) is 29.8 Å². The Kier molecular flexibility index (Phi) is 5.17. The van der Waals surface area contributed by atoms with E-state index in [1.807, 2.05) is 41.4 Å². The van der Waals surface area contributed by atoms with Crippen LogP contribution in [0.2, 0.25) is 5.02 Å². The van der Waals surface area contributed by atoms with Crippen molar-refractivity contribution in [2.24, 2.45) is 11.3 Å². The highest BCUT2D eigenvalue weighted by molar-refractivity contribution is 6.30. The number of benzene rings is 1. The van der Waals surface area contributed by atoms with Crippen molar-refractivity contribution >= 4 is 17.5 Å². The average molecular weight is 386 g/mol. The molecule has 1 aromatic heterocycles. The number of aliphatic hydroxyl groups is 1. The number of carbonyl (C=O) groups excluding carboxylic acids is 1. The number of nitrogens with zero attached hydrogens (tertiary/aromatic N) is 3. The van der Waals surface area contributed by atoms with Crippen LogP contribution in [0.4, 0.5) is 0 Å². The first-order valence-electron chi connectivity index (χ1n) is 9.32. The molecule has 142 valence electrons. The summed E-state index contributed by atoms with van der Waals surface area (Å²) in [6, 6.07) is 11.5. The van der Waals surface area contributed by atoms with E-state index in [-0.39, 0.29) is 17.9 Å². The third-order valence-corrected chi connectivity index (χ3v) is 6.15. The summed E-state index contributed by atoms with van der Waals surface area (Å²) < 4.78 is 0. The van der Waals surface area contributed by atoms with Gasteiger partial charge in [0, 0.05) is 55.6 Å². The summed E-state index contributed by atoms with van der Waals surface area (Å²) in [6.07, 6.45) is 4.05. The molecule has 1 amide bonds. The van der Waals surface area contributed by atoms with Crippen LogP contribution in [0.3, 0.4) is 0 Å². The predicted octanol–water partition coefficient (Wildman–Crippen LogP) is 2.23. The molecule has 0 aliphatic carbocycles. The highest BCUT2D eigenvalue weighted by Crippen LogP contribution is 2.42. The van der Waals surface area contributed by atoms with Crippen LogP contribution >= 0.6 is 11.6 Å². The summed E-state index contributed by atoms with van der Waals surface area (Å²) in [5.41, 5.74) is 1.94. The Hall–Kier alpha value is -1.95. The number of amides is 1. The number of likely N-dealkylation sites (tertiary alicyclic amines) is 2. The highest BCUT2D eigenvalue weighted by atomic mass is 35.5. The molecule has 2 aromatic rings. The Morgan fingerprint density at radius 1 is 1.19 bits per heavy atom. The first kappa shape index (κ1) is 18.4. The summed E-state index contributed by atoms with van der Waals surface area (Å²) in [4.78, 5) is 21.2. The van der Waals surface area contributed by atoms with Crippen LogP contribution in [0.5, 0.6) is 0 Å². The molecule has 0 spiro atoms. The Bertz CT molecular complexity index is 799. The number of fused-ring (bicyclic) bond motifs is 1. The van der Waals surface area contributed by atoms with Gasteiger partial charge in [-0.3, -0.25) is 14.7 Å². The van der Waals surface area contributed by atoms with Crippen molar-refractivity contribution in [2.45, 2.75) is 13.0 Å². The molecule has 2 aliphatic heterocycles. The van der Waals surface area contributed by atoms with E-state index < -0.39 is 0 Å². The quantitative estimate of drug-likeness (QED) is 0.857. The van der Waals surface area contributed by atoms with Crippen molar-refractivity contribution in [1.82, 2.24) is 14.8 Å². The van der Waals surface area contributed by atoms with Crippen LogP contribution in [0.1, 0.15) is 11.1 Å². The smallest absolute Gasteiger partial charge is 0.227 e. The lowest BCUT2D eigenvalue weighted by Crippen LogP contribution is -2.39. The number of aromatic nitrogens is 1. The maximum absolute atomic E-state index is 12.8. The van der Waals surface area contributed by atoms with E-state index in [4.69, 9.17) is 11.6 Å². The topological polar surface area (TPSA) is 56.7 Å². The second kappa shape index (κ2) is 7.58. The van der Waals surface area contributed by atoms with E-state index >= 15 is 0 Å². The molecular weight excluding hydrogens is 362 g/mol. The van der Waals surface area contributed by atoms with Gasteiger partial charge in [0.1, 0.15) is 0 Å². The zero-order valence-corrected chi connectivity index (χ0v) is 16.0. The Morgan fingerprint density at radius 3 is 2.67 bits per heavy atom. The molecule has 27 heavy (non-hydrogen) atoms. The van der Waals surface area contributed by atoms with E-state index in [9.17, 15) is 9.90 Å². The van der Waals surface area contributed by atoms with E-state index in [0.717, 1.165) is 31.7 Å². The predicted molar refractivity (Wildman–Crippen MR) is 104 cm³/mol. The van der Waals surface area contributed by atoms with Gasteiger partial charge in [0.15, 0.2) is 0 Å². The van der Waals surface area contributed by atoms with Crippen molar-refractivity contribution in [3.8, 4) is 0 Å². The van der Waals surface area contributed by atoms with Crippen LogP contribution in [-0.4, -0.2) is 58.6 Å². The van der Waals surface area contributed by atoms with Gasteiger partial charge in [-0.2, -0.15) is 0 Å². The van der Waals surface area contributed by atoms with Gasteiger partial charge in [0.2, 0.25) is 5.91 Å². The lowest BCUT2D eigenvalue weighted by atomic mass is 9.82. The molecule has 2 unspecified atom stereocenters. The monoisotopic (exact) mass is 385 g/mol. The van der Waals surface area contributed by atoms with Crippen LogP contribution in [0.25, 0.3) is 0 Å². The first-order valence-corrected chi connectivity index (χ1v) is 9.70. The molecule has 0 bridgehead atoms. The number of hydrogen-bond acceptors (Lipinski definition) is 4. The van der Waals surface area contributed by atoms with Gasteiger partial charge in [-0.25, -0.2) is 0 Å². The molecule has 0 saturated carbocycles. The van der Waals surface area contributed by atoms with Gasteiger partial charge in [-0.15, -0.1) is 0 Å². The van der Waals surface area contributed by atoms with Gasteiger partial charge < -0.3 is 10.0 Å². The second-order valence-corrected chi connectivity index (χ2v) is 8.26. The average Bonchev–Trinajstić information content (AvgIpc) is 3.18. The number of rotatable bonds is 5. The molecule has 4 rings (SSSR count). The Labute approximate surface area is 164 Å². The standard InChI is InChI=1S/C21H24ClN3O2/c22-19-5-3-16(4-6-19)8-20(27)25-12-18-11-24(13-21(18,14-25)15-26)10-17-2-1-7-23-9-17/h1-7,9,18,26H,8,10-15H2. The van der Waals surface area contributed by atoms with Crippen molar-refractivity contribution in [3.05, 3.63) is 64.9 Å². The number of pyridine rings is 1. The van der Waals surface area contributed by atoms with Gasteiger partial charge in [0.05, 0.1) is 13.0 Å². The van der Waals surface area contributed by atoms with Crippen molar-refractivity contribution < 1.29 is 9.90 Å². The molecular formula is C21H24ClN3O2. The Morgan fingerprint density at radius 2 is 2.00 bits per heavy atom. The zero-order valence-electron chi connectivity index (χ0n) is 15.2. The summed E-state index contributed by atoms with van der Waals surface area (Å²) in [5.74, 6) is 0.437. The lowest BCUT2D eigenvalue weighted by Gasteiger charge is -2.27. The van der Waals surface area contributed by atoms with Crippen LogP contribution < -0.4 is 0 Å². The minimum Gasteiger partial charge on any atom is -0.396 e. The largest absolute Gasteiger partial charge is 0.396 e. The molecule has 2 saturated heterocycles. The second-order valence-electron chi connectivity index (χ2n) is 7.83. The van der Waals surface area contributed by atoms with E-state index in [1.165, 1.54) is 5.56 Å². The molecule has 5 nitrogen and oxygen atoms in total. The number of aliphatic hydroxyl groups excluding tert-OH is 1. The van der Waals surface area contributed by atoms with Crippen LogP contribution in [-0.2, 0) is 17.8 Å². The summed E-state index contributed by atoms with van der Waals surface area (Å²) in [7, 11) is 0. The summed E-state index contributed by atoms with van der Waals surface area (Å²) in [5, 5.41) is 10.8. The summed E-state index contributed by atoms with van der Waals surface area (Å²) in [6.45, 7) is 4.02. The molecule has 6 heteroatoms. The van der Waals surface area contributed by atoms with Gasteiger partial charge in [0.25, 0.3) is 0 Å². The number of carbonyl (C=O) groups is 1. The molecule has 1 N–H and O–H groups in total. The highest BCUT2D eigenvalue weighted by Gasteiger charge is 2.52. The Balaban J connectivity index is 1.39. The van der Waals surface area contributed by atoms with Crippen molar-refractivity contribution in [3.63, 3.8) is 0 Å². The van der Waals surface area contributed by atoms with Crippen LogP contribution in [0.15, 0.2) is 48.8 Å². The fraction of sp³-hybridized carbons (Fsp3) is 0.429. The molecule has 2 atom stereocenters. The van der Waals surface area contributed by atoms with Gasteiger partial charge >= 0.3 is 0 Å². The molecule has 1 aromatic carbocycles. The normalized spacial score (nSPS) is 25.0. The van der Waals surface area contributed by atoms with E-state index in [1.54, 1.807) is 6.20 Å². The fourth-order valence-corrected chi connectivity index (χ4v) is 4.59. The molecule has 0 radical (unpaired) electrons. The minimum atomic E-state index is -0.210. The van der Waals surface area contributed by atoms with Gasteiger partial charge in [-0.05, 0) is 35.2 Å². The fourth-order valence-electron chi connectivity index (χ4n) is 4.46. The number of halogens is 1. The SMILES string of the molecule is O=C(Cc1ccc(Cl)cc1)N1CC2CN(Cc3cccnc3)CC2(CO)C1. The lowest BCUT2D eigenvalue weighted by molar-refractivity contribution is -0.130. The zero-order chi connectivity index (χ0) is 18.9. The third kappa shape index (κ3) is 3.86. The summed E-state index contributed by atoms with van der Waals surface area (Å²) >= 11 is 5.92. The molecule has 3 heterocycles. The van der Waals surface area contributed by atoms with E-state index in [0.29, 0.717) is 23.9 Å². The van der Waals surface area contributed by atoms with E-state index in [2.05, 4.69) is 16.0 Å². The number of hydrogen-bond donors (Lipinski definition) is 1. The molecule has 2 fully saturated rings. The molecule has 2 aliphatic rings. The maximum Gasteiger partial charge on any atom is 0.227 e. The van der Waals surface area contributed by atoms with Crippen molar-refractivity contribution in [1.29, 1.82) is 0 Å². The maximum atomic E-state index is 12.8.